The minimum absolute atomic E-state index is 0.0456. The third-order valence-electron chi connectivity index (χ3n) is 2.69. The van der Waals surface area contributed by atoms with Crippen LogP contribution in [-0.4, -0.2) is 36.8 Å². The molecule has 110 valence electrons. The van der Waals surface area contributed by atoms with Crippen LogP contribution in [0.3, 0.4) is 0 Å². The number of ether oxygens (including phenoxy) is 2. The summed E-state index contributed by atoms with van der Waals surface area (Å²) in [6.45, 7) is 4.50. The van der Waals surface area contributed by atoms with Gasteiger partial charge in [-0.1, -0.05) is 29.4 Å². The third-order valence-corrected chi connectivity index (χ3v) is 2.69. The van der Waals surface area contributed by atoms with E-state index in [0.29, 0.717) is 12.2 Å². The van der Waals surface area contributed by atoms with Gasteiger partial charge in [0, 0.05) is 19.2 Å². The second-order valence-electron chi connectivity index (χ2n) is 4.02. The Kier molecular flexibility index (Phi) is 6.69. The largest absolute Gasteiger partial charge is 0.410 e. The monoisotopic (exact) mass is 280 g/mol. The zero-order chi connectivity index (χ0) is 15.0. The lowest BCUT2D eigenvalue weighted by molar-refractivity contribution is -0.134. The molecule has 1 unspecified atom stereocenters. The molecule has 1 amide bonds. The zero-order valence-corrected chi connectivity index (χ0v) is 11.9. The Morgan fingerprint density at radius 2 is 2.10 bits per heavy atom. The van der Waals surface area contributed by atoms with E-state index in [1.165, 1.54) is 7.05 Å². The maximum Gasteiger partial charge on any atom is 0.273 e. The van der Waals surface area contributed by atoms with Crippen LogP contribution in [0.15, 0.2) is 29.4 Å². The number of rotatable bonds is 7. The molecule has 0 bridgehead atoms. The highest BCUT2D eigenvalue weighted by molar-refractivity contribution is 6.45. The van der Waals surface area contributed by atoms with E-state index < -0.39 is 5.91 Å². The third kappa shape index (κ3) is 4.32. The molecule has 1 atom stereocenters. The van der Waals surface area contributed by atoms with Gasteiger partial charge in [0.25, 0.3) is 5.91 Å². The van der Waals surface area contributed by atoms with Crippen molar-refractivity contribution in [3.8, 4) is 0 Å². The molecule has 0 aliphatic rings. The van der Waals surface area contributed by atoms with Crippen molar-refractivity contribution in [2.75, 3.05) is 13.7 Å². The Hall–Kier alpha value is -1.92. The number of likely N-dealkylation sites (N-methyl/N-ethyl adjacent to an activating group) is 1. The zero-order valence-electron chi connectivity index (χ0n) is 11.9. The summed E-state index contributed by atoms with van der Waals surface area (Å²) in [5, 5.41) is 14.5. The number of hydrogen-bond donors (Lipinski definition) is 2. The first kappa shape index (κ1) is 16.1. The summed E-state index contributed by atoms with van der Waals surface area (Å²) in [6, 6.07) is 7.10. The van der Waals surface area contributed by atoms with E-state index in [2.05, 4.69) is 10.5 Å². The van der Waals surface area contributed by atoms with Gasteiger partial charge in [0.15, 0.2) is 12.0 Å². The first-order valence-electron chi connectivity index (χ1n) is 6.39. The van der Waals surface area contributed by atoms with E-state index in [4.69, 9.17) is 14.7 Å². The first-order chi connectivity index (χ1) is 9.63. The minimum atomic E-state index is -0.460. The van der Waals surface area contributed by atoms with E-state index in [1.54, 1.807) is 19.1 Å². The molecule has 1 rings (SSSR count). The molecular weight excluding hydrogens is 260 g/mol. The predicted octanol–water partition coefficient (Wildman–Crippen LogP) is 1.51. The molecular formula is C14H20N2O4. The van der Waals surface area contributed by atoms with E-state index in [0.717, 1.165) is 5.56 Å². The van der Waals surface area contributed by atoms with Crippen LogP contribution >= 0.6 is 0 Å². The lowest BCUT2D eigenvalue weighted by Gasteiger charge is -2.15. The quantitative estimate of drug-likeness (QED) is 0.343. The van der Waals surface area contributed by atoms with Gasteiger partial charge in [-0.25, -0.2) is 0 Å². The number of carbonyl (C=O) groups is 1. The van der Waals surface area contributed by atoms with Gasteiger partial charge >= 0.3 is 0 Å². The SMILES string of the molecule is CCOC(C)OCc1ccccc1/C(=N/O)C(=O)NC. The molecule has 0 aromatic heterocycles. The van der Waals surface area contributed by atoms with Crippen LogP contribution in [0, 0.1) is 0 Å². The van der Waals surface area contributed by atoms with Crippen molar-refractivity contribution < 1.29 is 19.5 Å². The Labute approximate surface area is 118 Å². The van der Waals surface area contributed by atoms with Gasteiger partial charge in [0.05, 0.1) is 6.61 Å². The molecule has 0 fully saturated rings. The first-order valence-corrected chi connectivity index (χ1v) is 6.39. The average molecular weight is 280 g/mol. The number of amides is 1. The van der Waals surface area contributed by atoms with Crippen molar-refractivity contribution in [3.05, 3.63) is 35.4 Å². The van der Waals surface area contributed by atoms with Gasteiger partial charge in [0.2, 0.25) is 0 Å². The van der Waals surface area contributed by atoms with E-state index in [-0.39, 0.29) is 18.6 Å². The molecule has 20 heavy (non-hydrogen) atoms. The summed E-state index contributed by atoms with van der Waals surface area (Å²) in [4.78, 5) is 11.7. The van der Waals surface area contributed by atoms with Crippen LogP contribution in [0.25, 0.3) is 0 Å². The fourth-order valence-electron chi connectivity index (χ4n) is 1.71. The lowest BCUT2D eigenvalue weighted by atomic mass is 10.0. The molecule has 1 aromatic rings. The normalized spacial score (nSPS) is 13.1. The van der Waals surface area contributed by atoms with Gasteiger partial charge in [-0.05, 0) is 19.4 Å². The highest BCUT2D eigenvalue weighted by Gasteiger charge is 2.17. The molecule has 0 heterocycles. The van der Waals surface area contributed by atoms with Crippen molar-refractivity contribution in [2.45, 2.75) is 26.7 Å². The van der Waals surface area contributed by atoms with Crippen molar-refractivity contribution in [3.63, 3.8) is 0 Å². The van der Waals surface area contributed by atoms with Crippen LogP contribution in [0.1, 0.15) is 25.0 Å². The number of benzene rings is 1. The summed E-state index contributed by atoms with van der Waals surface area (Å²) >= 11 is 0. The van der Waals surface area contributed by atoms with E-state index in [1.807, 2.05) is 19.1 Å². The topological polar surface area (TPSA) is 80.2 Å². The van der Waals surface area contributed by atoms with Crippen LogP contribution in [0.4, 0.5) is 0 Å². The number of nitrogens with one attached hydrogen (secondary N) is 1. The van der Waals surface area contributed by atoms with E-state index in [9.17, 15) is 4.79 Å². The summed E-state index contributed by atoms with van der Waals surface area (Å²) in [7, 11) is 1.48. The fraction of sp³-hybridized carbons (Fsp3) is 0.429. The maximum atomic E-state index is 11.7. The Morgan fingerprint density at radius 3 is 2.70 bits per heavy atom. The molecule has 0 aliphatic heterocycles. The molecule has 0 spiro atoms. The van der Waals surface area contributed by atoms with Crippen molar-refractivity contribution in [1.29, 1.82) is 0 Å². The van der Waals surface area contributed by atoms with Crippen LogP contribution in [-0.2, 0) is 20.9 Å². The van der Waals surface area contributed by atoms with Crippen molar-refractivity contribution in [1.82, 2.24) is 5.32 Å². The predicted molar refractivity (Wildman–Crippen MR) is 74.7 cm³/mol. The molecule has 6 nitrogen and oxygen atoms in total. The molecule has 1 aromatic carbocycles. The van der Waals surface area contributed by atoms with Gasteiger partial charge in [0.1, 0.15) is 0 Å². The van der Waals surface area contributed by atoms with Crippen LogP contribution < -0.4 is 5.32 Å². The number of oxime groups is 1. The molecule has 6 heteroatoms. The summed E-state index contributed by atoms with van der Waals surface area (Å²) in [6.07, 6.45) is -0.345. The number of carbonyl (C=O) groups excluding carboxylic acids is 1. The lowest BCUT2D eigenvalue weighted by Crippen LogP contribution is -2.29. The standard InChI is InChI=1S/C14H20N2O4/c1-4-19-10(2)20-9-11-7-5-6-8-12(11)13(16-18)14(17)15-3/h5-8,10,18H,4,9H2,1-3H3,(H,15,17)/b16-13-. The smallest absolute Gasteiger partial charge is 0.273 e. The highest BCUT2D eigenvalue weighted by atomic mass is 16.7. The van der Waals surface area contributed by atoms with Gasteiger partial charge in [-0.15, -0.1) is 0 Å². The second-order valence-corrected chi connectivity index (χ2v) is 4.02. The summed E-state index contributed by atoms with van der Waals surface area (Å²) in [5.74, 6) is -0.460. The average Bonchev–Trinajstić information content (AvgIpc) is 2.47. The van der Waals surface area contributed by atoms with Crippen LogP contribution in [0.2, 0.25) is 0 Å². The molecule has 0 aliphatic carbocycles. The maximum absolute atomic E-state index is 11.7. The number of nitrogens with zero attached hydrogens (tertiary/aromatic N) is 1. The Balaban J connectivity index is 2.90. The second kappa shape index (κ2) is 8.29. The minimum Gasteiger partial charge on any atom is -0.410 e. The van der Waals surface area contributed by atoms with Crippen molar-refractivity contribution in [2.24, 2.45) is 5.16 Å². The van der Waals surface area contributed by atoms with Gasteiger partial charge in [-0.2, -0.15) is 0 Å². The summed E-state index contributed by atoms with van der Waals surface area (Å²) in [5.41, 5.74) is 1.23. The summed E-state index contributed by atoms with van der Waals surface area (Å²) < 4.78 is 10.8. The van der Waals surface area contributed by atoms with E-state index >= 15 is 0 Å². The number of hydrogen-bond acceptors (Lipinski definition) is 5. The molecule has 0 saturated carbocycles. The molecule has 2 N–H and O–H groups in total. The van der Waals surface area contributed by atoms with Gasteiger partial charge < -0.3 is 20.0 Å². The molecule has 0 radical (unpaired) electrons. The van der Waals surface area contributed by atoms with Crippen molar-refractivity contribution >= 4 is 11.6 Å². The fourth-order valence-corrected chi connectivity index (χ4v) is 1.71. The highest BCUT2D eigenvalue weighted by Crippen LogP contribution is 2.13. The molecule has 0 saturated heterocycles. The Morgan fingerprint density at radius 1 is 1.40 bits per heavy atom. The Bertz CT molecular complexity index is 474. The van der Waals surface area contributed by atoms with Crippen LogP contribution in [0.5, 0.6) is 0 Å². The van der Waals surface area contributed by atoms with Gasteiger partial charge in [-0.3, -0.25) is 4.79 Å².